The number of fused-ring (bicyclic) bond motifs is 2. The van der Waals surface area contributed by atoms with Crippen molar-refractivity contribution < 1.29 is 14.7 Å². The number of nitrogens with zero attached hydrogens (tertiary/aromatic N) is 3. The van der Waals surface area contributed by atoms with Gasteiger partial charge in [0.25, 0.3) is 5.91 Å². The number of piperidine rings is 2. The lowest BCUT2D eigenvalue weighted by Gasteiger charge is -2.51. The summed E-state index contributed by atoms with van der Waals surface area (Å²) in [5.74, 6) is -0.848. The lowest BCUT2D eigenvalue weighted by Crippen LogP contribution is -2.63. The van der Waals surface area contributed by atoms with Gasteiger partial charge in [-0.2, -0.15) is 0 Å². The first-order valence-corrected chi connectivity index (χ1v) is 9.10. The number of carboxylic acid groups (broad SMARTS) is 1. The van der Waals surface area contributed by atoms with Crippen LogP contribution in [0.1, 0.15) is 29.8 Å². The fraction of sp³-hybridized carbons (Fsp3) is 0.450. The van der Waals surface area contributed by atoms with Gasteiger partial charge in [-0.15, -0.1) is 0 Å². The Hall–Kier alpha value is -2.47. The molecule has 2 atom stereocenters. The van der Waals surface area contributed by atoms with E-state index >= 15 is 0 Å². The third-order valence-corrected chi connectivity index (χ3v) is 6.06. The van der Waals surface area contributed by atoms with E-state index in [1.54, 1.807) is 11.0 Å². The predicted octanol–water partition coefficient (Wildman–Crippen LogP) is 2.25. The van der Waals surface area contributed by atoms with Crippen molar-refractivity contribution >= 4 is 22.8 Å². The van der Waals surface area contributed by atoms with Gasteiger partial charge in [-0.3, -0.25) is 9.59 Å². The molecule has 26 heavy (non-hydrogen) atoms. The van der Waals surface area contributed by atoms with Gasteiger partial charge < -0.3 is 14.9 Å². The molecule has 0 radical (unpaired) electrons. The quantitative estimate of drug-likeness (QED) is 0.896. The van der Waals surface area contributed by atoms with Gasteiger partial charge in [0, 0.05) is 24.5 Å². The Labute approximate surface area is 152 Å². The second-order valence-corrected chi connectivity index (χ2v) is 7.45. The minimum absolute atomic E-state index is 0.117. The minimum Gasteiger partial charge on any atom is -0.481 e. The summed E-state index contributed by atoms with van der Waals surface area (Å²) >= 11 is 0. The van der Waals surface area contributed by atoms with E-state index in [0.717, 1.165) is 23.9 Å². The molecule has 2 aromatic rings. The Morgan fingerprint density at radius 3 is 2.77 bits per heavy atom. The number of aliphatic carboxylic acids is 1. The molecule has 2 fully saturated rings. The molecular formula is C20H23N3O3. The van der Waals surface area contributed by atoms with E-state index in [1.807, 2.05) is 37.4 Å². The summed E-state index contributed by atoms with van der Waals surface area (Å²) in [5, 5.41) is 10.9. The highest BCUT2D eigenvalue weighted by Gasteiger charge is 2.52. The van der Waals surface area contributed by atoms with E-state index in [-0.39, 0.29) is 11.9 Å². The van der Waals surface area contributed by atoms with Gasteiger partial charge in [0.1, 0.15) is 5.69 Å². The Balaban J connectivity index is 1.60. The lowest BCUT2D eigenvalue weighted by atomic mass is 9.68. The minimum atomic E-state index is -0.736. The molecule has 4 rings (SSSR count). The van der Waals surface area contributed by atoms with Crippen LogP contribution in [0, 0.1) is 5.41 Å². The average molecular weight is 353 g/mol. The van der Waals surface area contributed by atoms with E-state index in [4.69, 9.17) is 0 Å². The Bertz CT molecular complexity index is 868. The number of carbonyl (C=O) groups is 2. The second-order valence-electron chi connectivity index (χ2n) is 7.45. The van der Waals surface area contributed by atoms with Crippen LogP contribution < -0.4 is 0 Å². The van der Waals surface area contributed by atoms with Crippen LogP contribution in [0.2, 0.25) is 0 Å². The average Bonchev–Trinajstić information content (AvgIpc) is 2.67. The van der Waals surface area contributed by atoms with E-state index in [9.17, 15) is 14.7 Å². The number of likely N-dealkylation sites (tertiary alicyclic amines) is 2. The summed E-state index contributed by atoms with van der Waals surface area (Å²) in [6, 6.07) is 11.2. The van der Waals surface area contributed by atoms with E-state index < -0.39 is 11.4 Å². The Morgan fingerprint density at radius 1 is 1.15 bits per heavy atom. The van der Waals surface area contributed by atoms with Gasteiger partial charge in [0.15, 0.2) is 0 Å². The standard InChI is InChI=1S/C20H23N3O3/c1-22-11-4-9-20(19(25)26)10-12-23(13-17(20)22)18(24)16-8-7-14-5-2-3-6-15(14)21-16/h2-3,5-8,17H,4,9-13H2,1H3,(H,25,26)/t17-,20+/m1/s1. The van der Waals surface area contributed by atoms with Crippen LogP contribution in [0.4, 0.5) is 0 Å². The highest BCUT2D eigenvalue weighted by Crippen LogP contribution is 2.42. The van der Waals surface area contributed by atoms with Gasteiger partial charge in [-0.05, 0) is 45.0 Å². The van der Waals surface area contributed by atoms with Crippen molar-refractivity contribution in [2.75, 3.05) is 26.7 Å². The summed E-state index contributed by atoms with van der Waals surface area (Å²) in [6.45, 7) is 1.77. The van der Waals surface area contributed by atoms with Crippen molar-refractivity contribution in [3.8, 4) is 0 Å². The molecule has 0 spiro atoms. The maximum atomic E-state index is 13.0. The van der Waals surface area contributed by atoms with Crippen molar-refractivity contribution in [3.63, 3.8) is 0 Å². The first kappa shape index (κ1) is 17.0. The molecule has 3 heterocycles. The highest BCUT2D eigenvalue weighted by molar-refractivity contribution is 5.95. The molecular weight excluding hydrogens is 330 g/mol. The molecule has 0 unspecified atom stereocenters. The van der Waals surface area contributed by atoms with Crippen LogP contribution in [-0.2, 0) is 4.79 Å². The van der Waals surface area contributed by atoms with Gasteiger partial charge in [-0.25, -0.2) is 4.98 Å². The number of para-hydroxylation sites is 1. The van der Waals surface area contributed by atoms with Crippen molar-refractivity contribution in [3.05, 3.63) is 42.1 Å². The smallest absolute Gasteiger partial charge is 0.311 e. The normalized spacial score (nSPS) is 26.5. The van der Waals surface area contributed by atoms with Crippen molar-refractivity contribution in [2.24, 2.45) is 5.41 Å². The summed E-state index contributed by atoms with van der Waals surface area (Å²) in [4.78, 5) is 33.4. The lowest BCUT2D eigenvalue weighted by molar-refractivity contribution is -0.161. The zero-order chi connectivity index (χ0) is 18.3. The first-order chi connectivity index (χ1) is 12.5. The van der Waals surface area contributed by atoms with Gasteiger partial charge >= 0.3 is 5.97 Å². The maximum absolute atomic E-state index is 13.0. The summed E-state index contributed by atoms with van der Waals surface area (Å²) < 4.78 is 0. The largest absolute Gasteiger partial charge is 0.481 e. The van der Waals surface area contributed by atoms with Gasteiger partial charge in [0.05, 0.1) is 10.9 Å². The number of hydrogen-bond donors (Lipinski definition) is 1. The van der Waals surface area contributed by atoms with E-state index in [0.29, 0.717) is 31.6 Å². The molecule has 136 valence electrons. The number of pyridine rings is 1. The summed E-state index contributed by atoms with van der Waals surface area (Å²) in [5.41, 5.74) is 0.482. The molecule has 2 aliphatic heterocycles. The molecule has 1 N–H and O–H groups in total. The van der Waals surface area contributed by atoms with Crippen LogP contribution in [-0.4, -0.2) is 64.5 Å². The fourth-order valence-electron chi connectivity index (χ4n) is 4.52. The molecule has 2 aliphatic rings. The summed E-state index contributed by atoms with van der Waals surface area (Å²) in [6.07, 6.45) is 2.07. The number of aromatic nitrogens is 1. The molecule has 1 amide bonds. The van der Waals surface area contributed by atoms with Gasteiger partial charge in [-0.1, -0.05) is 24.3 Å². The number of carbonyl (C=O) groups excluding carboxylic acids is 1. The third-order valence-electron chi connectivity index (χ3n) is 6.06. The Kier molecular flexibility index (Phi) is 4.15. The van der Waals surface area contributed by atoms with Crippen LogP contribution in [0.3, 0.4) is 0 Å². The number of amides is 1. The molecule has 1 aromatic heterocycles. The van der Waals surface area contributed by atoms with Crippen LogP contribution in [0.25, 0.3) is 10.9 Å². The second kappa shape index (κ2) is 6.36. The number of rotatable bonds is 2. The molecule has 2 saturated heterocycles. The first-order valence-electron chi connectivity index (χ1n) is 9.10. The van der Waals surface area contributed by atoms with Crippen molar-refractivity contribution in [1.29, 1.82) is 0 Å². The molecule has 6 heteroatoms. The monoisotopic (exact) mass is 353 g/mol. The third kappa shape index (κ3) is 2.65. The van der Waals surface area contributed by atoms with Crippen LogP contribution in [0.5, 0.6) is 0 Å². The molecule has 0 aliphatic carbocycles. The van der Waals surface area contributed by atoms with Crippen molar-refractivity contribution in [1.82, 2.24) is 14.8 Å². The fourth-order valence-corrected chi connectivity index (χ4v) is 4.52. The molecule has 0 saturated carbocycles. The number of benzene rings is 1. The topological polar surface area (TPSA) is 73.7 Å². The zero-order valence-electron chi connectivity index (χ0n) is 14.9. The highest BCUT2D eigenvalue weighted by atomic mass is 16.4. The Morgan fingerprint density at radius 2 is 1.96 bits per heavy atom. The SMILES string of the molecule is CN1CCC[C@]2(C(=O)O)CCN(C(=O)c3ccc4ccccc4n3)C[C@@H]12. The summed E-state index contributed by atoms with van der Waals surface area (Å²) in [7, 11) is 1.96. The number of likely N-dealkylation sites (N-methyl/N-ethyl adjacent to an activating group) is 1. The van der Waals surface area contributed by atoms with E-state index in [2.05, 4.69) is 9.88 Å². The van der Waals surface area contributed by atoms with Crippen molar-refractivity contribution in [2.45, 2.75) is 25.3 Å². The molecule has 6 nitrogen and oxygen atoms in total. The molecule has 1 aromatic carbocycles. The molecule has 0 bridgehead atoms. The van der Waals surface area contributed by atoms with Gasteiger partial charge in [0.2, 0.25) is 0 Å². The number of hydrogen-bond acceptors (Lipinski definition) is 4. The maximum Gasteiger partial charge on any atom is 0.311 e. The van der Waals surface area contributed by atoms with Crippen LogP contribution in [0.15, 0.2) is 36.4 Å². The number of carboxylic acids is 1. The van der Waals surface area contributed by atoms with Crippen LogP contribution >= 0.6 is 0 Å². The predicted molar refractivity (Wildman–Crippen MR) is 98.0 cm³/mol. The zero-order valence-corrected chi connectivity index (χ0v) is 14.9. The van der Waals surface area contributed by atoms with E-state index in [1.165, 1.54) is 0 Å².